The molecule has 2 N–H and O–H groups in total. The molecule has 32 heavy (non-hydrogen) atoms. The number of benzene rings is 2. The monoisotopic (exact) mass is 452 g/mol. The van der Waals surface area contributed by atoms with Crippen LogP contribution in [0.2, 0.25) is 0 Å². The number of carbonyl (C=O) groups is 2. The highest BCUT2D eigenvalue weighted by molar-refractivity contribution is 7.91. The molecule has 0 bridgehead atoms. The minimum absolute atomic E-state index is 0.0127. The Bertz CT molecular complexity index is 1210. The molecule has 1 aromatic heterocycles. The fraction of sp³-hybridized carbons (Fsp3) is 0.261. The molecule has 2 aromatic carbocycles. The maximum atomic E-state index is 12.9. The number of hydrazine groups is 1. The van der Waals surface area contributed by atoms with Crippen molar-refractivity contribution in [3.63, 3.8) is 0 Å². The molecule has 1 atom stereocenters. The normalized spacial score (nSPS) is 17.1. The molecule has 0 aliphatic carbocycles. The molecule has 0 radical (unpaired) electrons. The number of nitrogens with one attached hydrogen (secondary N) is 2. The maximum Gasteiger partial charge on any atom is 0.273 e. The summed E-state index contributed by atoms with van der Waals surface area (Å²) in [4.78, 5) is 25.1. The van der Waals surface area contributed by atoms with E-state index in [1.54, 1.807) is 10.9 Å². The zero-order valence-electron chi connectivity index (χ0n) is 17.4. The van der Waals surface area contributed by atoms with E-state index in [0.29, 0.717) is 24.2 Å². The number of rotatable bonds is 6. The quantitative estimate of drug-likeness (QED) is 0.557. The average molecular weight is 453 g/mol. The van der Waals surface area contributed by atoms with E-state index in [2.05, 4.69) is 16.0 Å². The van der Waals surface area contributed by atoms with E-state index in [0.717, 1.165) is 11.1 Å². The van der Waals surface area contributed by atoms with E-state index < -0.39 is 21.7 Å². The number of hydrogen-bond acceptors (Lipinski definition) is 5. The van der Waals surface area contributed by atoms with Crippen molar-refractivity contribution >= 4 is 21.7 Å². The summed E-state index contributed by atoms with van der Waals surface area (Å²) in [5.74, 6) is -1.00. The fourth-order valence-corrected chi connectivity index (χ4v) is 5.65. The van der Waals surface area contributed by atoms with Crippen LogP contribution >= 0.6 is 0 Å². The van der Waals surface area contributed by atoms with Crippen molar-refractivity contribution in [2.24, 2.45) is 5.92 Å². The van der Waals surface area contributed by atoms with Crippen LogP contribution < -0.4 is 10.9 Å². The van der Waals surface area contributed by atoms with Crippen LogP contribution in [0.5, 0.6) is 0 Å². The Balaban J connectivity index is 1.47. The second-order valence-corrected chi connectivity index (χ2v) is 10.1. The van der Waals surface area contributed by atoms with Crippen molar-refractivity contribution < 1.29 is 18.0 Å². The van der Waals surface area contributed by atoms with Crippen LogP contribution in [0.3, 0.4) is 0 Å². The standard InChI is InChI=1S/C23H24N4O4S/c28-21(13-18-11-12-32(30,31)16-18)24-25-23(29)20-15-27(14-17-7-3-1-4-8-17)26-22(20)19-9-5-2-6-10-19/h1-10,15,18H,11-14,16H2,(H,24,28)(H,25,29). The second-order valence-electron chi connectivity index (χ2n) is 7.92. The van der Waals surface area contributed by atoms with E-state index in [1.807, 2.05) is 60.7 Å². The lowest BCUT2D eigenvalue weighted by Crippen LogP contribution is -2.42. The molecule has 1 saturated heterocycles. The molecule has 8 nitrogen and oxygen atoms in total. The number of amides is 2. The van der Waals surface area contributed by atoms with Gasteiger partial charge in [-0.05, 0) is 17.9 Å². The summed E-state index contributed by atoms with van der Waals surface area (Å²) < 4.78 is 24.8. The van der Waals surface area contributed by atoms with Crippen molar-refractivity contribution in [3.05, 3.63) is 78.0 Å². The van der Waals surface area contributed by atoms with Crippen molar-refractivity contribution in [1.82, 2.24) is 20.6 Å². The smallest absolute Gasteiger partial charge is 0.273 e. The molecule has 1 aliphatic heterocycles. The molecular weight excluding hydrogens is 428 g/mol. The van der Waals surface area contributed by atoms with Gasteiger partial charge in [-0.15, -0.1) is 0 Å². The lowest BCUT2D eigenvalue weighted by Gasteiger charge is -2.10. The van der Waals surface area contributed by atoms with E-state index in [9.17, 15) is 18.0 Å². The van der Waals surface area contributed by atoms with E-state index in [1.165, 1.54) is 0 Å². The minimum atomic E-state index is -3.05. The summed E-state index contributed by atoms with van der Waals surface area (Å²) in [6.07, 6.45) is 2.17. The summed E-state index contributed by atoms with van der Waals surface area (Å²) in [6, 6.07) is 19.1. The zero-order chi connectivity index (χ0) is 22.6. The first kappa shape index (κ1) is 21.8. The third kappa shape index (κ3) is 5.42. The highest BCUT2D eigenvalue weighted by Gasteiger charge is 2.29. The predicted molar refractivity (Wildman–Crippen MR) is 120 cm³/mol. The molecule has 2 amide bonds. The van der Waals surface area contributed by atoms with Gasteiger partial charge in [0.15, 0.2) is 9.84 Å². The summed E-state index contributed by atoms with van der Waals surface area (Å²) in [6.45, 7) is 0.496. The second kappa shape index (κ2) is 9.35. The molecule has 9 heteroatoms. The molecule has 1 fully saturated rings. The molecule has 2 heterocycles. The molecule has 4 rings (SSSR count). The maximum absolute atomic E-state index is 12.9. The molecule has 0 saturated carbocycles. The SMILES string of the molecule is O=C(CC1CCS(=O)(=O)C1)NNC(=O)c1cn(Cc2ccccc2)nc1-c1ccccc1. The zero-order valence-corrected chi connectivity index (χ0v) is 18.2. The minimum Gasteiger partial charge on any atom is -0.273 e. The van der Waals surface area contributed by atoms with Gasteiger partial charge in [-0.25, -0.2) is 8.42 Å². The summed E-state index contributed by atoms with van der Waals surface area (Å²) in [7, 11) is -3.05. The Labute approximate surface area is 186 Å². The lowest BCUT2D eigenvalue weighted by molar-refractivity contribution is -0.122. The van der Waals surface area contributed by atoms with E-state index in [4.69, 9.17) is 0 Å². The van der Waals surface area contributed by atoms with Gasteiger partial charge in [0.25, 0.3) is 5.91 Å². The number of sulfone groups is 1. The van der Waals surface area contributed by atoms with Gasteiger partial charge in [0, 0.05) is 18.2 Å². The van der Waals surface area contributed by atoms with Gasteiger partial charge in [-0.3, -0.25) is 25.1 Å². The van der Waals surface area contributed by atoms with Crippen molar-refractivity contribution in [3.8, 4) is 11.3 Å². The van der Waals surface area contributed by atoms with Gasteiger partial charge in [0.2, 0.25) is 5.91 Å². The molecule has 3 aromatic rings. The summed E-state index contributed by atoms with van der Waals surface area (Å²) >= 11 is 0. The topological polar surface area (TPSA) is 110 Å². The van der Waals surface area contributed by atoms with Crippen molar-refractivity contribution in [2.75, 3.05) is 11.5 Å². The van der Waals surface area contributed by atoms with E-state index >= 15 is 0 Å². The van der Waals surface area contributed by atoms with Crippen molar-refractivity contribution in [2.45, 2.75) is 19.4 Å². The Hall–Kier alpha value is -3.46. The van der Waals surface area contributed by atoms with Gasteiger partial charge in [0.05, 0.1) is 23.6 Å². The Morgan fingerprint density at radius 2 is 1.69 bits per heavy atom. The van der Waals surface area contributed by atoms with Gasteiger partial charge in [-0.2, -0.15) is 5.10 Å². The molecule has 0 spiro atoms. The Morgan fingerprint density at radius 3 is 2.34 bits per heavy atom. The number of aromatic nitrogens is 2. The van der Waals surface area contributed by atoms with Crippen LogP contribution in [0.15, 0.2) is 66.9 Å². The van der Waals surface area contributed by atoms with Gasteiger partial charge >= 0.3 is 0 Å². The molecular formula is C23H24N4O4S. The Kier molecular flexibility index (Phi) is 6.36. The van der Waals surface area contributed by atoms with Gasteiger partial charge < -0.3 is 0 Å². The third-order valence-corrected chi connectivity index (χ3v) is 7.19. The summed E-state index contributed by atoms with van der Waals surface area (Å²) in [5, 5.41) is 4.60. The molecule has 1 unspecified atom stereocenters. The van der Waals surface area contributed by atoms with E-state index in [-0.39, 0.29) is 23.8 Å². The highest BCUT2D eigenvalue weighted by Crippen LogP contribution is 2.23. The Morgan fingerprint density at radius 1 is 1.00 bits per heavy atom. The summed E-state index contributed by atoms with van der Waals surface area (Å²) in [5.41, 5.74) is 7.51. The third-order valence-electron chi connectivity index (χ3n) is 5.36. The fourth-order valence-electron chi connectivity index (χ4n) is 3.79. The van der Waals surface area contributed by atoms with Crippen molar-refractivity contribution in [1.29, 1.82) is 0 Å². The lowest BCUT2D eigenvalue weighted by atomic mass is 10.1. The number of hydrogen-bond donors (Lipinski definition) is 2. The first-order chi connectivity index (χ1) is 15.4. The van der Waals surface area contributed by atoms with Crippen LogP contribution in [-0.2, 0) is 21.2 Å². The number of carbonyl (C=O) groups excluding carboxylic acids is 2. The predicted octanol–water partition coefficient (Wildman–Crippen LogP) is 2.18. The van der Waals surface area contributed by atoms with Crippen LogP contribution in [-0.4, -0.2) is 41.5 Å². The van der Waals surface area contributed by atoms with Crippen LogP contribution in [0.25, 0.3) is 11.3 Å². The first-order valence-corrected chi connectivity index (χ1v) is 12.2. The van der Waals surface area contributed by atoms with Crippen LogP contribution in [0.1, 0.15) is 28.8 Å². The average Bonchev–Trinajstić information content (AvgIpc) is 3.36. The first-order valence-electron chi connectivity index (χ1n) is 10.4. The number of nitrogens with zero attached hydrogens (tertiary/aromatic N) is 2. The van der Waals surface area contributed by atoms with Gasteiger partial charge in [-0.1, -0.05) is 60.7 Å². The van der Waals surface area contributed by atoms with Gasteiger partial charge in [0.1, 0.15) is 5.69 Å². The van der Waals surface area contributed by atoms with Crippen LogP contribution in [0, 0.1) is 5.92 Å². The van der Waals surface area contributed by atoms with Crippen LogP contribution in [0.4, 0.5) is 0 Å². The molecule has 1 aliphatic rings. The largest absolute Gasteiger partial charge is 0.273 e. The highest BCUT2D eigenvalue weighted by atomic mass is 32.2. The molecule has 166 valence electrons.